The molecule has 0 fully saturated rings. The largest absolute Gasteiger partial charge is 0.413 e. The second kappa shape index (κ2) is 6.59. The molecule has 2 aromatic rings. The molecule has 3 atom stereocenters. The van der Waals surface area contributed by atoms with Crippen molar-refractivity contribution in [3.8, 4) is 0 Å². The van der Waals surface area contributed by atoms with Crippen LogP contribution in [0.5, 0.6) is 0 Å². The highest BCUT2D eigenvalue weighted by atomic mass is 16.4. The van der Waals surface area contributed by atoms with Crippen molar-refractivity contribution in [1.29, 1.82) is 0 Å². The van der Waals surface area contributed by atoms with Crippen LogP contribution in [-0.4, -0.2) is 55.3 Å². The second-order valence-corrected chi connectivity index (χ2v) is 5.53. The summed E-state index contributed by atoms with van der Waals surface area (Å²) in [6.45, 7) is 2.61. The Hall–Kier alpha value is -2.07. The van der Waals surface area contributed by atoms with Gasteiger partial charge >= 0.3 is 5.69 Å². The van der Waals surface area contributed by atoms with Crippen molar-refractivity contribution in [2.24, 2.45) is 0 Å². The molecule has 0 saturated heterocycles. The molecule has 0 amide bonds. The molecule has 0 bridgehead atoms. The SMILES string of the molecule is Cc1c[n+](C[C@H](O)[C@H](O)[C@H](O)CO)c2[nH]c(=O)[nH]c(=O)c2c1C. The zero-order valence-electron chi connectivity index (χ0n) is 12.8. The number of aryl methyl sites for hydroxylation is 2. The molecule has 9 heteroatoms. The fraction of sp³-hybridized carbons (Fsp3) is 0.500. The van der Waals surface area contributed by atoms with Crippen LogP contribution in [0, 0.1) is 13.8 Å². The van der Waals surface area contributed by atoms with Crippen LogP contribution in [0.15, 0.2) is 15.8 Å². The number of aromatic nitrogens is 3. The van der Waals surface area contributed by atoms with Crippen LogP contribution < -0.4 is 15.8 Å². The zero-order chi connectivity index (χ0) is 17.3. The maximum absolute atomic E-state index is 12.0. The first kappa shape index (κ1) is 17.3. The van der Waals surface area contributed by atoms with Crippen LogP contribution >= 0.6 is 0 Å². The Bertz CT molecular complexity index is 828. The lowest BCUT2D eigenvalue weighted by molar-refractivity contribution is -0.682. The molecular formula is C14H20N3O6+. The van der Waals surface area contributed by atoms with E-state index in [-0.39, 0.29) is 17.6 Å². The number of rotatable bonds is 5. The zero-order valence-corrected chi connectivity index (χ0v) is 12.8. The number of aliphatic hydroxyl groups is 4. The van der Waals surface area contributed by atoms with Crippen molar-refractivity contribution >= 4 is 11.0 Å². The molecular weight excluding hydrogens is 306 g/mol. The van der Waals surface area contributed by atoms with Gasteiger partial charge in [-0.15, -0.1) is 0 Å². The Labute approximate surface area is 130 Å². The van der Waals surface area contributed by atoms with E-state index in [4.69, 9.17) is 5.11 Å². The number of aliphatic hydroxyl groups excluding tert-OH is 4. The second-order valence-electron chi connectivity index (χ2n) is 5.53. The molecule has 0 aliphatic rings. The molecule has 2 heterocycles. The van der Waals surface area contributed by atoms with Crippen LogP contribution in [-0.2, 0) is 6.54 Å². The van der Waals surface area contributed by atoms with Crippen LogP contribution in [0.2, 0.25) is 0 Å². The highest BCUT2D eigenvalue weighted by Crippen LogP contribution is 2.12. The van der Waals surface area contributed by atoms with Crippen LogP contribution in [0.1, 0.15) is 11.1 Å². The average Bonchev–Trinajstić information content (AvgIpc) is 2.50. The smallest absolute Gasteiger partial charge is 0.394 e. The van der Waals surface area contributed by atoms with E-state index >= 15 is 0 Å². The predicted molar refractivity (Wildman–Crippen MR) is 80.0 cm³/mol. The number of hydrogen-bond donors (Lipinski definition) is 6. The van der Waals surface area contributed by atoms with Crippen molar-refractivity contribution in [2.75, 3.05) is 6.61 Å². The monoisotopic (exact) mass is 326 g/mol. The highest BCUT2D eigenvalue weighted by molar-refractivity contribution is 5.75. The normalized spacial score (nSPS) is 15.6. The fourth-order valence-electron chi connectivity index (χ4n) is 2.45. The summed E-state index contributed by atoms with van der Waals surface area (Å²) in [6.07, 6.45) is -2.85. The van der Waals surface area contributed by atoms with E-state index in [0.29, 0.717) is 5.56 Å². The summed E-state index contributed by atoms with van der Waals surface area (Å²) in [6, 6.07) is 0. The summed E-state index contributed by atoms with van der Waals surface area (Å²) in [5, 5.41) is 38.2. The summed E-state index contributed by atoms with van der Waals surface area (Å²) < 4.78 is 1.42. The third kappa shape index (κ3) is 3.32. The Morgan fingerprint density at radius 1 is 1.13 bits per heavy atom. The molecule has 2 aromatic heterocycles. The molecule has 0 aliphatic carbocycles. The summed E-state index contributed by atoms with van der Waals surface area (Å²) >= 11 is 0. The minimum atomic E-state index is -1.57. The Morgan fingerprint density at radius 2 is 1.78 bits per heavy atom. The van der Waals surface area contributed by atoms with Crippen LogP contribution in [0.3, 0.4) is 0 Å². The first-order valence-electron chi connectivity index (χ1n) is 7.07. The van der Waals surface area contributed by atoms with E-state index in [1.165, 1.54) is 4.57 Å². The molecule has 2 rings (SSSR count). The molecule has 0 aromatic carbocycles. The summed E-state index contributed by atoms with van der Waals surface area (Å²) in [5.74, 6) is 0. The van der Waals surface area contributed by atoms with Gasteiger partial charge in [0.25, 0.3) is 11.2 Å². The average molecular weight is 326 g/mol. The molecule has 23 heavy (non-hydrogen) atoms. The van der Waals surface area contributed by atoms with Crippen molar-refractivity contribution in [1.82, 2.24) is 9.97 Å². The lowest BCUT2D eigenvalue weighted by Crippen LogP contribution is -2.50. The highest BCUT2D eigenvalue weighted by Gasteiger charge is 2.27. The Balaban J connectivity index is 2.55. The Morgan fingerprint density at radius 3 is 2.39 bits per heavy atom. The molecule has 0 radical (unpaired) electrons. The number of hydrogen-bond acceptors (Lipinski definition) is 6. The van der Waals surface area contributed by atoms with E-state index in [1.807, 2.05) is 0 Å². The van der Waals surface area contributed by atoms with E-state index in [1.54, 1.807) is 20.0 Å². The van der Waals surface area contributed by atoms with Gasteiger partial charge in [0.05, 0.1) is 12.8 Å². The molecule has 0 unspecified atom stereocenters. The van der Waals surface area contributed by atoms with Crippen molar-refractivity contribution in [3.05, 3.63) is 38.2 Å². The van der Waals surface area contributed by atoms with Crippen LogP contribution in [0.25, 0.3) is 11.0 Å². The number of fused-ring (bicyclic) bond motifs is 1. The van der Waals surface area contributed by atoms with E-state index in [2.05, 4.69) is 9.97 Å². The van der Waals surface area contributed by atoms with Gasteiger partial charge in [0.2, 0.25) is 0 Å². The standard InChI is InChI=1S/C14H19N3O6/c1-6-3-17(4-8(19)11(21)9(20)5-18)12-10(7(6)2)13(22)16-14(23)15-12/h3,8-9,11,18-21H,4-5H2,1-2H3,(H,16,22,23)/p+1/t8-,9+,11-/m0/s1. The van der Waals surface area contributed by atoms with Gasteiger partial charge in [-0.05, 0) is 25.0 Å². The molecule has 0 aliphatic heterocycles. The molecule has 126 valence electrons. The van der Waals surface area contributed by atoms with Gasteiger partial charge in [0, 0.05) is 0 Å². The molecule has 0 spiro atoms. The maximum Gasteiger partial charge on any atom is 0.413 e. The van der Waals surface area contributed by atoms with Gasteiger partial charge in [0.1, 0.15) is 30.2 Å². The first-order valence-corrected chi connectivity index (χ1v) is 7.07. The van der Waals surface area contributed by atoms with Gasteiger partial charge in [0.15, 0.2) is 0 Å². The first-order chi connectivity index (χ1) is 10.8. The van der Waals surface area contributed by atoms with Crippen molar-refractivity contribution in [2.45, 2.75) is 38.7 Å². The van der Waals surface area contributed by atoms with Crippen molar-refractivity contribution in [3.63, 3.8) is 0 Å². The fourth-order valence-corrected chi connectivity index (χ4v) is 2.45. The lowest BCUT2D eigenvalue weighted by atomic mass is 10.1. The van der Waals surface area contributed by atoms with Gasteiger partial charge in [-0.3, -0.25) is 9.78 Å². The summed E-state index contributed by atoms with van der Waals surface area (Å²) in [4.78, 5) is 28.2. The minimum Gasteiger partial charge on any atom is -0.394 e. The van der Waals surface area contributed by atoms with Gasteiger partial charge in [-0.25, -0.2) is 9.36 Å². The van der Waals surface area contributed by atoms with E-state index < -0.39 is 36.2 Å². The number of H-pyrrole nitrogens is 2. The van der Waals surface area contributed by atoms with Gasteiger partial charge in [-0.1, -0.05) is 0 Å². The molecule has 0 saturated carbocycles. The topological polar surface area (TPSA) is 151 Å². The molecule has 9 nitrogen and oxygen atoms in total. The van der Waals surface area contributed by atoms with Gasteiger partial charge < -0.3 is 20.4 Å². The number of nitrogens with zero attached hydrogens (tertiary/aromatic N) is 1. The van der Waals surface area contributed by atoms with E-state index in [9.17, 15) is 24.9 Å². The number of aromatic amines is 2. The molecule has 6 N–H and O–H groups in total. The summed E-state index contributed by atoms with van der Waals surface area (Å²) in [5.41, 5.74) is 0.388. The van der Waals surface area contributed by atoms with E-state index in [0.717, 1.165) is 5.56 Å². The third-order valence-corrected chi connectivity index (χ3v) is 3.89. The summed E-state index contributed by atoms with van der Waals surface area (Å²) in [7, 11) is 0. The number of nitrogens with one attached hydrogen (secondary N) is 2. The quantitative estimate of drug-likeness (QED) is 0.327. The maximum atomic E-state index is 12.0. The predicted octanol–water partition coefficient (Wildman–Crippen LogP) is -2.80. The van der Waals surface area contributed by atoms with Crippen LogP contribution in [0.4, 0.5) is 0 Å². The minimum absolute atomic E-state index is 0.185. The van der Waals surface area contributed by atoms with Gasteiger partial charge in [-0.2, -0.15) is 4.98 Å². The van der Waals surface area contributed by atoms with Crippen molar-refractivity contribution < 1.29 is 25.0 Å². The number of pyridine rings is 1. The Kier molecular flexibility index (Phi) is 4.95. The lowest BCUT2D eigenvalue weighted by Gasteiger charge is -2.21. The third-order valence-electron chi connectivity index (χ3n) is 3.89.